The second-order valence-electron chi connectivity index (χ2n) is 4.21. The number of rotatable bonds is 3. The van der Waals surface area contributed by atoms with Gasteiger partial charge in [-0.15, -0.1) is 0 Å². The van der Waals surface area contributed by atoms with E-state index in [1.165, 1.54) is 18.2 Å². The minimum Gasteiger partial charge on any atom is -0.478 e. The Labute approximate surface area is 122 Å². The van der Waals surface area contributed by atoms with Gasteiger partial charge in [-0.1, -0.05) is 0 Å². The standard InChI is InChI=1S/C14H10BrF2NO2/c1-7-4-8(14(19)20)2-3-12(7)18-13-6-10(16)9(15)5-11(13)17/h2-6,18H,1H3,(H,19,20). The van der Waals surface area contributed by atoms with Crippen LogP contribution >= 0.6 is 15.9 Å². The Hall–Kier alpha value is -1.95. The molecule has 0 saturated carbocycles. The number of hydrogen-bond acceptors (Lipinski definition) is 2. The van der Waals surface area contributed by atoms with Gasteiger partial charge in [0, 0.05) is 11.8 Å². The van der Waals surface area contributed by atoms with E-state index in [1.807, 2.05) is 0 Å². The van der Waals surface area contributed by atoms with Crippen molar-refractivity contribution >= 4 is 33.3 Å². The monoisotopic (exact) mass is 341 g/mol. The molecule has 0 fully saturated rings. The molecular weight excluding hydrogens is 332 g/mol. The smallest absolute Gasteiger partial charge is 0.335 e. The van der Waals surface area contributed by atoms with E-state index in [9.17, 15) is 13.6 Å². The average molecular weight is 342 g/mol. The predicted octanol–water partition coefficient (Wildman–Crippen LogP) is 4.48. The third-order valence-electron chi connectivity index (χ3n) is 2.75. The minimum atomic E-state index is -1.04. The van der Waals surface area contributed by atoms with Crippen molar-refractivity contribution in [1.82, 2.24) is 0 Å². The number of carbonyl (C=O) groups is 1. The third kappa shape index (κ3) is 2.96. The van der Waals surface area contributed by atoms with Crippen LogP contribution in [0, 0.1) is 18.6 Å². The lowest BCUT2D eigenvalue weighted by Gasteiger charge is -2.11. The highest BCUT2D eigenvalue weighted by molar-refractivity contribution is 9.10. The molecule has 2 rings (SSSR count). The van der Waals surface area contributed by atoms with Crippen LogP contribution in [0.2, 0.25) is 0 Å². The van der Waals surface area contributed by atoms with E-state index in [0.717, 1.165) is 12.1 Å². The lowest BCUT2D eigenvalue weighted by atomic mass is 10.1. The Morgan fingerprint density at radius 1 is 1.15 bits per heavy atom. The second-order valence-corrected chi connectivity index (χ2v) is 5.06. The van der Waals surface area contributed by atoms with Gasteiger partial charge in [-0.25, -0.2) is 13.6 Å². The minimum absolute atomic E-state index is 0.0168. The summed E-state index contributed by atoms with van der Waals surface area (Å²) in [6.07, 6.45) is 0. The summed E-state index contributed by atoms with van der Waals surface area (Å²) in [5, 5.41) is 11.6. The Morgan fingerprint density at radius 3 is 2.45 bits per heavy atom. The highest BCUT2D eigenvalue weighted by Gasteiger charge is 2.11. The Kier molecular flexibility index (Phi) is 4.04. The summed E-state index contributed by atoms with van der Waals surface area (Å²) in [7, 11) is 0. The highest BCUT2D eigenvalue weighted by atomic mass is 79.9. The van der Waals surface area contributed by atoms with E-state index >= 15 is 0 Å². The Bertz CT molecular complexity index is 689. The molecule has 2 N–H and O–H groups in total. The van der Waals surface area contributed by atoms with Gasteiger partial charge >= 0.3 is 5.97 Å². The summed E-state index contributed by atoms with van der Waals surface area (Å²) in [5.74, 6) is -2.24. The molecule has 0 unspecified atom stereocenters. The van der Waals surface area contributed by atoms with Crippen LogP contribution in [0.5, 0.6) is 0 Å². The van der Waals surface area contributed by atoms with E-state index in [4.69, 9.17) is 5.11 Å². The molecule has 0 saturated heterocycles. The fraction of sp³-hybridized carbons (Fsp3) is 0.0714. The van der Waals surface area contributed by atoms with Crippen LogP contribution < -0.4 is 5.32 Å². The van der Waals surface area contributed by atoms with Crippen LogP contribution in [-0.2, 0) is 0 Å². The largest absolute Gasteiger partial charge is 0.478 e. The summed E-state index contributed by atoms with van der Waals surface area (Å²) in [6.45, 7) is 1.68. The lowest BCUT2D eigenvalue weighted by Crippen LogP contribution is -2.01. The van der Waals surface area contributed by atoms with Gasteiger partial charge in [-0.05, 0) is 52.7 Å². The summed E-state index contributed by atoms with van der Waals surface area (Å²) in [4.78, 5) is 10.8. The van der Waals surface area contributed by atoms with Crippen molar-refractivity contribution in [3.05, 3.63) is 57.6 Å². The van der Waals surface area contributed by atoms with Crippen LogP contribution in [0.3, 0.4) is 0 Å². The van der Waals surface area contributed by atoms with E-state index in [-0.39, 0.29) is 15.7 Å². The maximum absolute atomic E-state index is 13.7. The summed E-state index contributed by atoms with van der Waals surface area (Å²) in [6, 6.07) is 6.42. The Morgan fingerprint density at radius 2 is 1.85 bits per heavy atom. The lowest BCUT2D eigenvalue weighted by molar-refractivity contribution is 0.0697. The zero-order valence-electron chi connectivity index (χ0n) is 10.4. The molecule has 0 spiro atoms. The molecule has 20 heavy (non-hydrogen) atoms. The topological polar surface area (TPSA) is 49.3 Å². The maximum atomic E-state index is 13.7. The molecular formula is C14H10BrF2NO2. The number of carboxylic acid groups (broad SMARTS) is 1. The number of halogens is 3. The molecule has 0 aliphatic carbocycles. The van der Waals surface area contributed by atoms with Crippen molar-refractivity contribution in [2.24, 2.45) is 0 Å². The first kappa shape index (κ1) is 14.5. The van der Waals surface area contributed by atoms with E-state index in [1.54, 1.807) is 6.92 Å². The molecule has 0 amide bonds. The molecule has 0 heterocycles. The van der Waals surface area contributed by atoms with Gasteiger partial charge in [0.15, 0.2) is 0 Å². The van der Waals surface area contributed by atoms with Crippen LogP contribution in [0.4, 0.5) is 20.2 Å². The number of aryl methyl sites for hydroxylation is 1. The van der Waals surface area contributed by atoms with Gasteiger partial charge in [0.05, 0.1) is 15.7 Å². The van der Waals surface area contributed by atoms with Crippen LogP contribution in [0.25, 0.3) is 0 Å². The molecule has 2 aromatic rings. The number of hydrogen-bond donors (Lipinski definition) is 2. The molecule has 104 valence electrons. The quantitative estimate of drug-likeness (QED) is 0.809. The molecule has 0 bridgehead atoms. The molecule has 2 aromatic carbocycles. The average Bonchev–Trinajstić information content (AvgIpc) is 2.37. The Balaban J connectivity index is 2.35. The van der Waals surface area contributed by atoms with Gasteiger partial charge in [0.2, 0.25) is 0 Å². The maximum Gasteiger partial charge on any atom is 0.335 e. The first-order valence-electron chi connectivity index (χ1n) is 5.64. The summed E-state index contributed by atoms with van der Waals surface area (Å²) < 4.78 is 27.1. The van der Waals surface area contributed by atoms with Gasteiger partial charge in [-0.3, -0.25) is 0 Å². The zero-order valence-corrected chi connectivity index (χ0v) is 12.0. The molecule has 6 heteroatoms. The molecule has 0 radical (unpaired) electrons. The van der Waals surface area contributed by atoms with E-state index < -0.39 is 17.6 Å². The fourth-order valence-corrected chi connectivity index (χ4v) is 2.02. The van der Waals surface area contributed by atoms with Crippen LogP contribution in [-0.4, -0.2) is 11.1 Å². The van der Waals surface area contributed by atoms with Crippen molar-refractivity contribution in [2.45, 2.75) is 6.92 Å². The first-order chi connectivity index (χ1) is 9.38. The van der Waals surface area contributed by atoms with Crippen LogP contribution in [0.1, 0.15) is 15.9 Å². The molecule has 0 aromatic heterocycles. The summed E-state index contributed by atoms with van der Waals surface area (Å²) in [5.41, 5.74) is 1.25. The number of benzene rings is 2. The van der Waals surface area contributed by atoms with Gasteiger partial charge in [0.25, 0.3) is 0 Å². The first-order valence-corrected chi connectivity index (χ1v) is 6.43. The van der Waals surface area contributed by atoms with E-state index in [2.05, 4.69) is 21.2 Å². The molecule has 0 aliphatic heterocycles. The van der Waals surface area contributed by atoms with E-state index in [0.29, 0.717) is 11.3 Å². The van der Waals surface area contributed by atoms with Gasteiger partial charge < -0.3 is 10.4 Å². The predicted molar refractivity (Wildman–Crippen MR) is 75.5 cm³/mol. The molecule has 0 atom stereocenters. The van der Waals surface area contributed by atoms with Crippen molar-refractivity contribution < 1.29 is 18.7 Å². The summed E-state index contributed by atoms with van der Waals surface area (Å²) >= 11 is 2.90. The number of carboxylic acids is 1. The molecule has 3 nitrogen and oxygen atoms in total. The van der Waals surface area contributed by atoms with Gasteiger partial charge in [-0.2, -0.15) is 0 Å². The highest BCUT2D eigenvalue weighted by Crippen LogP contribution is 2.27. The second kappa shape index (κ2) is 5.58. The van der Waals surface area contributed by atoms with Gasteiger partial charge in [0.1, 0.15) is 11.6 Å². The normalized spacial score (nSPS) is 10.4. The van der Waals surface area contributed by atoms with Crippen molar-refractivity contribution in [3.63, 3.8) is 0 Å². The third-order valence-corrected chi connectivity index (χ3v) is 3.36. The molecule has 0 aliphatic rings. The van der Waals surface area contributed by atoms with Crippen molar-refractivity contribution in [2.75, 3.05) is 5.32 Å². The zero-order chi connectivity index (χ0) is 14.9. The fourth-order valence-electron chi connectivity index (χ4n) is 1.70. The van der Waals surface area contributed by atoms with Crippen molar-refractivity contribution in [1.29, 1.82) is 0 Å². The number of anilines is 2. The van der Waals surface area contributed by atoms with Crippen molar-refractivity contribution in [3.8, 4) is 0 Å². The number of aromatic carboxylic acids is 1. The van der Waals surface area contributed by atoms with Crippen LogP contribution in [0.15, 0.2) is 34.8 Å². The SMILES string of the molecule is Cc1cc(C(=O)O)ccc1Nc1cc(F)c(Br)cc1F. The number of nitrogens with one attached hydrogen (secondary N) is 1.